The molecule has 1 N–H and O–H groups in total. The Morgan fingerprint density at radius 1 is 0.973 bits per heavy atom. The molecule has 0 spiro atoms. The molecule has 37 heavy (non-hydrogen) atoms. The third kappa shape index (κ3) is 6.19. The zero-order valence-corrected chi connectivity index (χ0v) is 21.1. The van der Waals surface area contributed by atoms with Gasteiger partial charge in [-0.1, -0.05) is 61.5 Å². The highest BCUT2D eigenvalue weighted by atomic mass is 16.6. The lowest BCUT2D eigenvalue weighted by Gasteiger charge is -2.18. The Kier molecular flexibility index (Phi) is 7.92. The molecule has 0 saturated heterocycles. The van der Waals surface area contributed by atoms with Crippen LogP contribution in [0.5, 0.6) is 11.5 Å². The Morgan fingerprint density at radius 3 is 2.30 bits per heavy atom. The molecule has 1 amide bonds. The van der Waals surface area contributed by atoms with Crippen LogP contribution in [0.2, 0.25) is 0 Å². The van der Waals surface area contributed by atoms with E-state index in [1.807, 2.05) is 68.4 Å². The molecule has 9 nitrogen and oxygen atoms in total. The van der Waals surface area contributed by atoms with Crippen LogP contribution in [-0.4, -0.2) is 34.1 Å². The van der Waals surface area contributed by atoms with Crippen molar-refractivity contribution >= 4 is 11.9 Å². The minimum atomic E-state index is -0.597. The molecular formula is C28H28N4O5. The Morgan fingerprint density at radius 2 is 1.65 bits per heavy atom. The highest BCUT2D eigenvalue weighted by Gasteiger charge is 2.27. The maximum absolute atomic E-state index is 13.2. The number of aromatic nitrogens is 3. The van der Waals surface area contributed by atoms with E-state index >= 15 is 0 Å². The lowest BCUT2D eigenvalue weighted by atomic mass is 10.0. The Bertz CT molecular complexity index is 1370. The summed E-state index contributed by atoms with van der Waals surface area (Å²) in [6.07, 6.45) is 1.95. The van der Waals surface area contributed by atoms with E-state index in [1.165, 1.54) is 26.3 Å². The fraction of sp³-hybridized carbons (Fsp3) is 0.250. The van der Waals surface area contributed by atoms with Crippen molar-refractivity contribution in [2.24, 2.45) is 5.92 Å². The van der Waals surface area contributed by atoms with E-state index in [9.17, 15) is 9.59 Å². The van der Waals surface area contributed by atoms with Gasteiger partial charge in [-0.3, -0.25) is 9.59 Å². The first-order valence-electron chi connectivity index (χ1n) is 11.9. The summed E-state index contributed by atoms with van der Waals surface area (Å²) in [5, 5.41) is 7.05. The zero-order valence-electron chi connectivity index (χ0n) is 21.1. The summed E-state index contributed by atoms with van der Waals surface area (Å²) < 4.78 is 16.0. The Balaban J connectivity index is 1.58. The van der Waals surface area contributed by atoms with Gasteiger partial charge in [0.05, 0.1) is 13.2 Å². The molecule has 0 unspecified atom stereocenters. The number of carbonyl (C=O) groups excluding carboxylic acids is 2. The van der Waals surface area contributed by atoms with Crippen molar-refractivity contribution in [1.29, 1.82) is 0 Å². The third-order valence-corrected chi connectivity index (χ3v) is 5.55. The van der Waals surface area contributed by atoms with Gasteiger partial charge in [-0.25, -0.2) is 4.98 Å². The molecule has 2 heterocycles. The minimum Gasteiger partial charge on any atom is -0.493 e. The number of esters is 1. The molecule has 4 aromatic rings. The number of methoxy groups -OCH3 is 1. The summed E-state index contributed by atoms with van der Waals surface area (Å²) in [6, 6.07) is 18.8. The average molecular weight is 501 g/mol. The van der Waals surface area contributed by atoms with Crippen LogP contribution in [-0.2, 0) is 4.79 Å². The van der Waals surface area contributed by atoms with E-state index in [0.717, 1.165) is 16.7 Å². The summed E-state index contributed by atoms with van der Waals surface area (Å²) in [5.41, 5.74) is 2.87. The van der Waals surface area contributed by atoms with Gasteiger partial charge < -0.3 is 19.3 Å². The lowest BCUT2D eigenvalue weighted by Crippen LogP contribution is -2.31. The van der Waals surface area contributed by atoms with Gasteiger partial charge in [0.2, 0.25) is 5.75 Å². The molecule has 0 bridgehead atoms. The Hall–Kier alpha value is -4.53. The fourth-order valence-corrected chi connectivity index (χ4v) is 3.85. The molecule has 0 saturated carbocycles. The van der Waals surface area contributed by atoms with Gasteiger partial charge in [0.1, 0.15) is 0 Å². The van der Waals surface area contributed by atoms with Gasteiger partial charge in [0.25, 0.3) is 11.8 Å². The SMILES string of the molecule is COc1ccnc(C(=O)N[C@@H](CC(C)C)c2noc(-c3ccc(-c4ccccc4)cc3)n2)c1OC(C)=O. The van der Waals surface area contributed by atoms with Crippen LogP contribution >= 0.6 is 0 Å². The van der Waals surface area contributed by atoms with Crippen LogP contribution in [0.3, 0.4) is 0 Å². The van der Waals surface area contributed by atoms with Crippen molar-refractivity contribution < 1.29 is 23.6 Å². The molecule has 9 heteroatoms. The summed E-state index contributed by atoms with van der Waals surface area (Å²) in [4.78, 5) is 33.5. The molecule has 2 aromatic heterocycles. The number of amides is 1. The van der Waals surface area contributed by atoms with E-state index in [-0.39, 0.29) is 23.1 Å². The van der Waals surface area contributed by atoms with Crippen LogP contribution < -0.4 is 14.8 Å². The molecule has 0 aliphatic heterocycles. The second-order valence-corrected chi connectivity index (χ2v) is 8.84. The van der Waals surface area contributed by atoms with Crippen LogP contribution in [0, 0.1) is 5.92 Å². The standard InChI is InChI=1S/C28H28N4O5/c1-17(2)16-22(30-27(34)24-25(36-18(3)33)23(35-4)14-15-29-24)26-31-28(37-32-26)21-12-10-20(11-13-21)19-8-6-5-7-9-19/h5-15,17,22H,16H2,1-4H3,(H,30,34)/t22-/m0/s1. The number of rotatable bonds is 9. The topological polar surface area (TPSA) is 116 Å². The van der Waals surface area contributed by atoms with Gasteiger partial charge in [0.15, 0.2) is 17.3 Å². The summed E-state index contributed by atoms with van der Waals surface area (Å²) in [6.45, 7) is 5.29. The van der Waals surface area contributed by atoms with E-state index < -0.39 is 17.9 Å². The van der Waals surface area contributed by atoms with Crippen LogP contribution in [0.1, 0.15) is 49.5 Å². The van der Waals surface area contributed by atoms with Gasteiger partial charge in [-0.15, -0.1) is 0 Å². The minimum absolute atomic E-state index is 0.0504. The van der Waals surface area contributed by atoms with Gasteiger partial charge in [-0.05, 0) is 35.6 Å². The van der Waals surface area contributed by atoms with Crippen molar-refractivity contribution in [3.8, 4) is 34.1 Å². The molecule has 0 aliphatic rings. The number of hydrogen-bond acceptors (Lipinski definition) is 8. The first kappa shape index (κ1) is 25.6. The molecule has 4 rings (SSSR count). The van der Waals surface area contributed by atoms with Crippen LogP contribution in [0.15, 0.2) is 71.4 Å². The second-order valence-electron chi connectivity index (χ2n) is 8.84. The third-order valence-electron chi connectivity index (χ3n) is 5.55. The van der Waals surface area contributed by atoms with E-state index in [2.05, 4.69) is 20.4 Å². The highest BCUT2D eigenvalue weighted by molar-refractivity contribution is 5.96. The van der Waals surface area contributed by atoms with Crippen LogP contribution in [0.25, 0.3) is 22.6 Å². The highest BCUT2D eigenvalue weighted by Crippen LogP contribution is 2.31. The molecule has 1 atom stereocenters. The first-order chi connectivity index (χ1) is 17.9. The molecule has 190 valence electrons. The van der Waals surface area contributed by atoms with Crippen molar-refractivity contribution in [3.63, 3.8) is 0 Å². The van der Waals surface area contributed by atoms with Crippen molar-refractivity contribution in [1.82, 2.24) is 20.4 Å². The number of pyridine rings is 1. The summed E-state index contributed by atoms with van der Waals surface area (Å²) >= 11 is 0. The summed E-state index contributed by atoms with van der Waals surface area (Å²) in [5.74, 6) is -0.0934. The predicted octanol–water partition coefficient (Wildman–Crippen LogP) is 5.25. The quantitative estimate of drug-likeness (QED) is 0.310. The molecule has 0 aliphatic carbocycles. The predicted molar refractivity (Wildman–Crippen MR) is 137 cm³/mol. The van der Waals surface area contributed by atoms with Crippen molar-refractivity contribution in [3.05, 3.63) is 78.4 Å². The molecule has 0 radical (unpaired) electrons. The van der Waals surface area contributed by atoms with Crippen molar-refractivity contribution in [2.45, 2.75) is 33.2 Å². The van der Waals surface area contributed by atoms with E-state index in [4.69, 9.17) is 14.0 Å². The number of carbonyl (C=O) groups is 2. The number of benzene rings is 2. The smallest absolute Gasteiger partial charge is 0.308 e. The normalized spacial score (nSPS) is 11.7. The van der Waals surface area contributed by atoms with Crippen LogP contribution in [0.4, 0.5) is 0 Å². The second kappa shape index (κ2) is 11.5. The van der Waals surface area contributed by atoms with E-state index in [1.54, 1.807) is 0 Å². The molecular weight excluding hydrogens is 472 g/mol. The average Bonchev–Trinajstić information content (AvgIpc) is 3.39. The van der Waals surface area contributed by atoms with Gasteiger partial charge >= 0.3 is 5.97 Å². The summed E-state index contributed by atoms with van der Waals surface area (Å²) in [7, 11) is 1.42. The number of hydrogen-bond donors (Lipinski definition) is 1. The first-order valence-corrected chi connectivity index (χ1v) is 11.9. The Labute approximate surface area is 214 Å². The largest absolute Gasteiger partial charge is 0.493 e. The van der Waals surface area contributed by atoms with Crippen molar-refractivity contribution in [2.75, 3.05) is 7.11 Å². The monoisotopic (exact) mass is 500 g/mol. The van der Waals surface area contributed by atoms with E-state index in [0.29, 0.717) is 18.1 Å². The zero-order chi connectivity index (χ0) is 26.4. The van der Waals surface area contributed by atoms with Gasteiger partial charge in [-0.2, -0.15) is 4.98 Å². The van der Waals surface area contributed by atoms with Gasteiger partial charge in [0, 0.05) is 24.8 Å². The number of ether oxygens (including phenoxy) is 2. The maximum Gasteiger partial charge on any atom is 0.308 e. The number of nitrogens with one attached hydrogen (secondary N) is 1. The number of nitrogens with zero attached hydrogens (tertiary/aromatic N) is 3. The molecule has 0 fully saturated rings. The lowest BCUT2D eigenvalue weighted by molar-refractivity contribution is -0.132. The maximum atomic E-state index is 13.2. The fourth-order valence-electron chi connectivity index (χ4n) is 3.85. The molecule has 2 aromatic carbocycles.